The van der Waals surface area contributed by atoms with E-state index < -0.39 is 11.2 Å². The van der Waals surface area contributed by atoms with Gasteiger partial charge in [0.05, 0.1) is 17.6 Å². The highest BCUT2D eigenvalue weighted by atomic mass is 16.3. The molecule has 2 N–H and O–H groups in total. The summed E-state index contributed by atoms with van der Waals surface area (Å²) in [5, 5.41) is 9.54. The third-order valence-corrected chi connectivity index (χ3v) is 5.08. The summed E-state index contributed by atoms with van der Waals surface area (Å²) in [4.78, 5) is 46.8. The Morgan fingerprint density at radius 1 is 1.29 bits per heavy atom. The van der Waals surface area contributed by atoms with Crippen LogP contribution in [0.15, 0.2) is 15.7 Å². The van der Waals surface area contributed by atoms with E-state index in [0.29, 0.717) is 19.5 Å². The van der Waals surface area contributed by atoms with Crippen LogP contribution in [0.25, 0.3) is 11.0 Å². The number of fused-ring (bicyclic) bond motifs is 1. The number of hydrogen-bond donors (Lipinski definition) is 2. The maximum Gasteiger partial charge on any atom is 0.329 e. The molecule has 2 aromatic heterocycles. The molecule has 0 saturated heterocycles. The van der Waals surface area contributed by atoms with Crippen molar-refractivity contribution < 1.29 is 9.90 Å². The van der Waals surface area contributed by atoms with Crippen LogP contribution < -0.4 is 11.2 Å². The van der Waals surface area contributed by atoms with Gasteiger partial charge in [0.2, 0.25) is 0 Å². The molecular weight excluding hydrogens is 360 g/mol. The molecule has 1 saturated carbocycles. The van der Waals surface area contributed by atoms with Gasteiger partial charge in [-0.05, 0) is 31.7 Å². The molecule has 1 aliphatic carbocycles. The highest BCUT2D eigenvalue weighted by molar-refractivity contribution is 6.05. The Balaban J connectivity index is 2.22. The Morgan fingerprint density at radius 2 is 2.04 bits per heavy atom. The second kappa shape index (κ2) is 8.68. The summed E-state index contributed by atoms with van der Waals surface area (Å²) in [6, 6.07) is 1.70. The number of carbonyl (C=O) groups excluding carboxylic acids is 1. The lowest BCUT2D eigenvalue weighted by molar-refractivity contribution is 0.0721. The van der Waals surface area contributed by atoms with E-state index in [-0.39, 0.29) is 41.6 Å². The van der Waals surface area contributed by atoms with Crippen molar-refractivity contribution >= 4 is 16.9 Å². The highest BCUT2D eigenvalue weighted by Crippen LogP contribution is 2.40. The third-order valence-electron chi connectivity index (χ3n) is 5.08. The zero-order valence-electron chi connectivity index (χ0n) is 16.5. The molecular formula is C20H28N4O4. The molecule has 3 rings (SSSR count). The number of pyridine rings is 1. The predicted octanol–water partition coefficient (Wildman–Crippen LogP) is 1.61. The van der Waals surface area contributed by atoms with Crippen molar-refractivity contribution in [3.63, 3.8) is 0 Å². The van der Waals surface area contributed by atoms with Gasteiger partial charge in [-0.3, -0.25) is 19.1 Å². The first-order chi connectivity index (χ1) is 13.5. The van der Waals surface area contributed by atoms with Crippen LogP contribution in [-0.2, 0) is 6.54 Å². The van der Waals surface area contributed by atoms with Gasteiger partial charge in [0, 0.05) is 31.2 Å². The fourth-order valence-corrected chi connectivity index (χ4v) is 3.44. The zero-order valence-corrected chi connectivity index (χ0v) is 16.5. The maximum atomic E-state index is 13.3. The van der Waals surface area contributed by atoms with Gasteiger partial charge in [-0.25, -0.2) is 9.78 Å². The van der Waals surface area contributed by atoms with Crippen LogP contribution >= 0.6 is 0 Å². The minimum Gasteiger partial charge on any atom is -0.395 e. The van der Waals surface area contributed by atoms with Crippen molar-refractivity contribution in [1.82, 2.24) is 19.4 Å². The molecule has 2 heterocycles. The number of rotatable bonds is 9. The van der Waals surface area contributed by atoms with Gasteiger partial charge >= 0.3 is 5.69 Å². The summed E-state index contributed by atoms with van der Waals surface area (Å²) in [5.74, 6) is -0.0358. The highest BCUT2D eigenvalue weighted by Gasteiger charge is 2.29. The molecule has 0 unspecified atom stereocenters. The summed E-state index contributed by atoms with van der Waals surface area (Å²) >= 11 is 0. The summed E-state index contributed by atoms with van der Waals surface area (Å²) in [6.07, 6.45) is 4.40. The molecule has 0 radical (unpaired) electrons. The van der Waals surface area contributed by atoms with Crippen LogP contribution in [0.2, 0.25) is 0 Å². The SMILES string of the molecule is CCCCN(CCO)C(=O)c1cc(C2CC2)nc2c1c(=O)[nH]c(=O)n2CCC. The molecule has 2 aromatic rings. The number of nitrogens with one attached hydrogen (secondary N) is 1. The van der Waals surface area contributed by atoms with Crippen molar-refractivity contribution in [1.29, 1.82) is 0 Å². The van der Waals surface area contributed by atoms with E-state index in [9.17, 15) is 19.5 Å². The molecule has 1 amide bonds. The van der Waals surface area contributed by atoms with E-state index in [1.807, 2.05) is 13.8 Å². The number of nitrogens with zero attached hydrogens (tertiary/aromatic N) is 3. The van der Waals surface area contributed by atoms with Crippen LogP contribution in [0.3, 0.4) is 0 Å². The lowest BCUT2D eigenvalue weighted by Crippen LogP contribution is -2.37. The number of carbonyl (C=O) groups is 1. The fraction of sp³-hybridized carbons (Fsp3) is 0.600. The Morgan fingerprint density at radius 3 is 2.64 bits per heavy atom. The molecule has 1 aliphatic rings. The van der Waals surface area contributed by atoms with Crippen molar-refractivity contribution in [3.8, 4) is 0 Å². The van der Waals surface area contributed by atoms with Crippen molar-refractivity contribution in [2.45, 2.75) is 58.4 Å². The van der Waals surface area contributed by atoms with E-state index in [0.717, 1.165) is 31.4 Å². The van der Waals surface area contributed by atoms with Gasteiger partial charge < -0.3 is 10.0 Å². The first-order valence-corrected chi connectivity index (χ1v) is 10.1. The average Bonchev–Trinajstić information content (AvgIpc) is 3.52. The lowest BCUT2D eigenvalue weighted by Gasteiger charge is -2.23. The number of aliphatic hydroxyl groups excluding tert-OH is 1. The largest absolute Gasteiger partial charge is 0.395 e. The molecule has 0 bridgehead atoms. The van der Waals surface area contributed by atoms with E-state index in [4.69, 9.17) is 0 Å². The number of aryl methyl sites for hydroxylation is 1. The second-order valence-corrected chi connectivity index (χ2v) is 7.35. The number of hydrogen-bond acceptors (Lipinski definition) is 5. The van der Waals surface area contributed by atoms with Crippen molar-refractivity contribution in [2.24, 2.45) is 0 Å². The summed E-state index contributed by atoms with van der Waals surface area (Å²) in [5.41, 5.74) is 0.205. The third kappa shape index (κ3) is 4.01. The summed E-state index contributed by atoms with van der Waals surface area (Å²) in [7, 11) is 0. The standard InChI is InChI=1S/C20H28N4O4/c1-3-5-9-23(10-11-25)19(27)14-12-15(13-6-7-13)21-17-16(14)18(26)22-20(28)24(17)8-4-2/h12-13,25H,3-11H2,1-2H3,(H,22,26,28). The number of unbranched alkanes of at least 4 members (excludes halogenated alkanes) is 1. The van der Waals surface area contributed by atoms with Gasteiger partial charge in [-0.1, -0.05) is 20.3 Å². The number of aliphatic hydroxyl groups is 1. The van der Waals surface area contributed by atoms with Gasteiger partial charge in [0.15, 0.2) is 5.65 Å². The molecule has 0 aliphatic heterocycles. The smallest absolute Gasteiger partial charge is 0.329 e. The Bertz CT molecular complexity index is 975. The normalized spacial score (nSPS) is 13.8. The van der Waals surface area contributed by atoms with Crippen LogP contribution in [0, 0.1) is 0 Å². The molecule has 1 fully saturated rings. The Kier molecular flexibility index (Phi) is 6.28. The number of aromatic amines is 1. The van der Waals surface area contributed by atoms with Crippen LogP contribution in [0.5, 0.6) is 0 Å². The molecule has 0 atom stereocenters. The molecule has 28 heavy (non-hydrogen) atoms. The first-order valence-electron chi connectivity index (χ1n) is 10.1. The average molecular weight is 388 g/mol. The number of H-pyrrole nitrogens is 1. The van der Waals surface area contributed by atoms with E-state index >= 15 is 0 Å². The topological polar surface area (TPSA) is 108 Å². The van der Waals surface area contributed by atoms with E-state index in [1.54, 1.807) is 11.0 Å². The van der Waals surface area contributed by atoms with Crippen molar-refractivity contribution in [2.75, 3.05) is 19.7 Å². The Labute approximate surface area is 163 Å². The lowest BCUT2D eigenvalue weighted by atomic mass is 10.1. The van der Waals surface area contributed by atoms with Gasteiger partial charge in [0.1, 0.15) is 0 Å². The van der Waals surface area contributed by atoms with Crippen molar-refractivity contribution in [3.05, 3.63) is 38.2 Å². The molecule has 8 heteroatoms. The van der Waals surface area contributed by atoms with Crippen LogP contribution in [-0.4, -0.2) is 50.1 Å². The number of amides is 1. The minimum atomic E-state index is -0.593. The van der Waals surface area contributed by atoms with Gasteiger partial charge in [-0.15, -0.1) is 0 Å². The quantitative estimate of drug-likeness (QED) is 0.678. The van der Waals surface area contributed by atoms with E-state index in [1.165, 1.54) is 4.57 Å². The molecule has 0 spiro atoms. The van der Waals surface area contributed by atoms with Crippen LogP contribution in [0.4, 0.5) is 0 Å². The first kappa shape index (κ1) is 20.3. The summed E-state index contributed by atoms with van der Waals surface area (Å²) < 4.78 is 1.45. The predicted molar refractivity (Wildman–Crippen MR) is 107 cm³/mol. The minimum absolute atomic E-state index is 0.148. The zero-order chi connectivity index (χ0) is 20.3. The molecule has 152 valence electrons. The van der Waals surface area contributed by atoms with Gasteiger partial charge in [-0.2, -0.15) is 0 Å². The van der Waals surface area contributed by atoms with Crippen LogP contribution in [0.1, 0.15) is 67.9 Å². The monoisotopic (exact) mass is 388 g/mol. The fourth-order valence-electron chi connectivity index (χ4n) is 3.44. The number of aromatic nitrogens is 3. The summed E-state index contributed by atoms with van der Waals surface area (Å²) in [6.45, 7) is 4.94. The molecule has 0 aromatic carbocycles. The molecule has 8 nitrogen and oxygen atoms in total. The van der Waals surface area contributed by atoms with E-state index in [2.05, 4.69) is 9.97 Å². The Hall–Kier alpha value is -2.48. The maximum absolute atomic E-state index is 13.3. The second-order valence-electron chi connectivity index (χ2n) is 7.35. The van der Waals surface area contributed by atoms with Gasteiger partial charge in [0.25, 0.3) is 11.5 Å².